The minimum absolute atomic E-state index is 0.292. The molecule has 0 amide bonds. The van der Waals surface area contributed by atoms with Crippen molar-refractivity contribution in [2.75, 3.05) is 12.8 Å². The Morgan fingerprint density at radius 3 is 2.71 bits per heavy atom. The maximum absolute atomic E-state index is 8.29. The maximum atomic E-state index is 8.29. The Kier molecular flexibility index (Phi) is 6.26. The van der Waals surface area contributed by atoms with Crippen molar-refractivity contribution in [3.8, 4) is 0 Å². The van der Waals surface area contributed by atoms with E-state index in [0.29, 0.717) is 15.7 Å². The zero-order valence-corrected chi connectivity index (χ0v) is 5.59. The van der Waals surface area contributed by atoms with E-state index in [-0.39, 0.29) is 0 Å². The summed E-state index contributed by atoms with van der Waals surface area (Å²) in [4.78, 5) is 0. The summed E-state index contributed by atoms with van der Waals surface area (Å²) in [6.45, 7) is 0.771. The maximum Gasteiger partial charge on any atom is 0.0613 e. The predicted molar refractivity (Wildman–Crippen MR) is 32.7 cm³/mol. The largest absolute Gasteiger partial charge is 0.400 e. The standard InChI is InChI=1S/C4H12NOSi/c5-2-1-3-7-4-6/h6-7H,1-5H2. The van der Waals surface area contributed by atoms with Crippen molar-refractivity contribution in [3.05, 3.63) is 0 Å². The highest BCUT2D eigenvalue weighted by molar-refractivity contribution is 6.34. The van der Waals surface area contributed by atoms with Crippen LogP contribution in [0.25, 0.3) is 0 Å². The fourth-order valence-electron chi connectivity index (χ4n) is 0.353. The van der Waals surface area contributed by atoms with Gasteiger partial charge in [-0.05, 0) is 13.0 Å². The van der Waals surface area contributed by atoms with Crippen LogP contribution in [-0.4, -0.2) is 27.4 Å². The number of rotatable bonds is 4. The average Bonchev–Trinajstić information content (AvgIpc) is 1.69. The van der Waals surface area contributed by atoms with Gasteiger partial charge in [0.25, 0.3) is 0 Å². The molecule has 0 aliphatic heterocycles. The van der Waals surface area contributed by atoms with Gasteiger partial charge in [0, 0.05) is 6.23 Å². The molecule has 7 heavy (non-hydrogen) atoms. The molecule has 0 atom stereocenters. The molecule has 0 bridgehead atoms. The quantitative estimate of drug-likeness (QED) is 0.373. The van der Waals surface area contributed by atoms with Crippen molar-refractivity contribution < 1.29 is 5.11 Å². The Bertz CT molecular complexity index is 30.9. The van der Waals surface area contributed by atoms with Gasteiger partial charge in [-0.1, -0.05) is 6.04 Å². The van der Waals surface area contributed by atoms with Gasteiger partial charge >= 0.3 is 0 Å². The van der Waals surface area contributed by atoms with E-state index in [4.69, 9.17) is 10.8 Å². The lowest BCUT2D eigenvalue weighted by atomic mass is 10.5. The second-order valence-electron chi connectivity index (χ2n) is 1.40. The topological polar surface area (TPSA) is 46.2 Å². The minimum Gasteiger partial charge on any atom is -0.400 e. The summed E-state index contributed by atoms with van der Waals surface area (Å²) >= 11 is 0. The smallest absolute Gasteiger partial charge is 0.0613 e. The first-order valence-corrected chi connectivity index (χ1v) is 4.17. The van der Waals surface area contributed by atoms with Crippen LogP contribution in [0.3, 0.4) is 0 Å². The first-order chi connectivity index (χ1) is 3.41. The Morgan fingerprint density at radius 1 is 1.57 bits per heavy atom. The summed E-state index contributed by atoms with van der Waals surface area (Å²) in [7, 11) is 0.292. The van der Waals surface area contributed by atoms with E-state index < -0.39 is 0 Å². The van der Waals surface area contributed by atoms with E-state index in [9.17, 15) is 0 Å². The summed E-state index contributed by atoms with van der Waals surface area (Å²) in [6, 6.07) is 1.15. The van der Waals surface area contributed by atoms with Gasteiger partial charge in [-0.2, -0.15) is 0 Å². The minimum atomic E-state index is 0.292. The van der Waals surface area contributed by atoms with Gasteiger partial charge in [-0.15, -0.1) is 0 Å². The fraction of sp³-hybridized carbons (Fsp3) is 1.00. The van der Waals surface area contributed by atoms with Crippen LogP contribution in [0.5, 0.6) is 0 Å². The lowest BCUT2D eigenvalue weighted by Gasteiger charge is -1.89. The monoisotopic (exact) mass is 118 g/mol. The molecule has 0 unspecified atom stereocenters. The van der Waals surface area contributed by atoms with Crippen molar-refractivity contribution in [2.24, 2.45) is 5.73 Å². The Morgan fingerprint density at radius 2 is 2.29 bits per heavy atom. The third kappa shape index (κ3) is 6.14. The Hall–Kier alpha value is 0.137. The van der Waals surface area contributed by atoms with Crippen LogP contribution in [-0.2, 0) is 0 Å². The molecule has 3 heteroatoms. The second-order valence-corrected chi connectivity index (χ2v) is 2.92. The SMILES string of the molecule is NCCC[SiH]CO. The number of hydrogen-bond donors (Lipinski definition) is 2. The van der Waals surface area contributed by atoms with Crippen molar-refractivity contribution >= 4 is 9.52 Å². The van der Waals surface area contributed by atoms with E-state index in [1.54, 1.807) is 0 Å². The molecule has 3 N–H and O–H groups in total. The predicted octanol–water partition coefficient (Wildman–Crippen LogP) is -0.860. The van der Waals surface area contributed by atoms with Crippen LogP contribution in [0, 0.1) is 0 Å². The fourth-order valence-corrected chi connectivity index (χ4v) is 1.06. The molecule has 0 heterocycles. The van der Waals surface area contributed by atoms with E-state index in [0.717, 1.165) is 19.0 Å². The van der Waals surface area contributed by atoms with Crippen LogP contribution in [0.1, 0.15) is 6.42 Å². The molecule has 0 saturated carbocycles. The second kappa shape index (κ2) is 6.14. The molecule has 0 aromatic rings. The number of hydrogen-bond acceptors (Lipinski definition) is 2. The highest BCUT2D eigenvalue weighted by Gasteiger charge is 1.82. The number of aliphatic hydroxyl groups is 1. The molecule has 0 aliphatic rings. The zero-order valence-electron chi connectivity index (χ0n) is 4.43. The van der Waals surface area contributed by atoms with E-state index in [2.05, 4.69) is 0 Å². The van der Waals surface area contributed by atoms with Gasteiger partial charge in [-0.3, -0.25) is 0 Å². The molecule has 0 fully saturated rings. The summed E-state index contributed by atoms with van der Waals surface area (Å²) in [5.41, 5.74) is 5.20. The molecule has 0 rings (SSSR count). The Balaban J connectivity index is 2.45. The summed E-state index contributed by atoms with van der Waals surface area (Å²) in [6.07, 6.45) is 1.47. The highest BCUT2D eigenvalue weighted by Crippen LogP contribution is 1.81. The molecule has 43 valence electrons. The third-order valence-electron chi connectivity index (χ3n) is 0.741. The van der Waals surface area contributed by atoms with Gasteiger partial charge < -0.3 is 10.8 Å². The molecule has 0 aliphatic carbocycles. The normalized spacial score (nSPS) is 9.43. The summed E-state index contributed by atoms with van der Waals surface area (Å²) in [5.74, 6) is 0. The molecule has 1 radical (unpaired) electrons. The van der Waals surface area contributed by atoms with Gasteiger partial charge in [0.2, 0.25) is 0 Å². The van der Waals surface area contributed by atoms with Crippen molar-refractivity contribution in [2.45, 2.75) is 12.5 Å². The lowest BCUT2D eigenvalue weighted by molar-refractivity contribution is 0.365. The van der Waals surface area contributed by atoms with Crippen LogP contribution in [0.4, 0.5) is 0 Å². The molecule has 2 nitrogen and oxygen atoms in total. The molecule has 0 saturated heterocycles. The van der Waals surface area contributed by atoms with Crippen LogP contribution >= 0.6 is 0 Å². The third-order valence-corrected chi connectivity index (χ3v) is 1.82. The molecular formula is C4H12NOSi. The lowest BCUT2D eigenvalue weighted by Crippen LogP contribution is -2.02. The molecule has 0 aromatic carbocycles. The van der Waals surface area contributed by atoms with Crippen LogP contribution in [0.2, 0.25) is 6.04 Å². The molecule has 0 spiro atoms. The van der Waals surface area contributed by atoms with Gasteiger partial charge in [-0.25, -0.2) is 0 Å². The molecular weight excluding hydrogens is 106 g/mol. The highest BCUT2D eigenvalue weighted by atomic mass is 28.2. The van der Waals surface area contributed by atoms with Crippen LogP contribution < -0.4 is 5.73 Å². The van der Waals surface area contributed by atoms with E-state index in [1.807, 2.05) is 0 Å². The summed E-state index contributed by atoms with van der Waals surface area (Å²) in [5, 5.41) is 8.29. The van der Waals surface area contributed by atoms with Gasteiger partial charge in [0.1, 0.15) is 0 Å². The zero-order chi connectivity index (χ0) is 5.54. The van der Waals surface area contributed by atoms with Crippen molar-refractivity contribution in [3.63, 3.8) is 0 Å². The van der Waals surface area contributed by atoms with Crippen molar-refractivity contribution in [1.82, 2.24) is 0 Å². The van der Waals surface area contributed by atoms with Crippen molar-refractivity contribution in [1.29, 1.82) is 0 Å². The summed E-state index contributed by atoms with van der Waals surface area (Å²) < 4.78 is 0. The van der Waals surface area contributed by atoms with Crippen LogP contribution in [0.15, 0.2) is 0 Å². The number of aliphatic hydroxyl groups excluding tert-OH is 1. The van der Waals surface area contributed by atoms with E-state index >= 15 is 0 Å². The van der Waals surface area contributed by atoms with E-state index in [1.165, 1.54) is 0 Å². The number of nitrogens with two attached hydrogens (primary N) is 1. The average molecular weight is 118 g/mol. The van der Waals surface area contributed by atoms with Gasteiger partial charge in [0.15, 0.2) is 0 Å². The first kappa shape index (κ1) is 7.14. The Labute approximate surface area is 46.5 Å². The van der Waals surface area contributed by atoms with Gasteiger partial charge in [0.05, 0.1) is 9.52 Å². The molecule has 0 aromatic heterocycles. The first-order valence-electron chi connectivity index (χ1n) is 2.54.